The number of benzene rings is 1. The molecule has 0 amide bonds. The number of carbonyl (C=O) groups is 1. The minimum absolute atomic E-state index is 0.195. The van der Waals surface area contributed by atoms with Crippen LogP contribution in [-0.2, 0) is 4.79 Å². The minimum atomic E-state index is -1.06. The number of aryl methyl sites for hydroxylation is 1. The fourth-order valence-electron chi connectivity index (χ4n) is 1.50. The van der Waals surface area contributed by atoms with Crippen molar-refractivity contribution in [1.29, 1.82) is 0 Å². The van der Waals surface area contributed by atoms with Gasteiger partial charge >= 0.3 is 5.97 Å². The third-order valence-corrected chi connectivity index (χ3v) is 2.31. The van der Waals surface area contributed by atoms with Crippen LogP contribution in [0.15, 0.2) is 18.2 Å². The lowest BCUT2D eigenvalue weighted by Crippen LogP contribution is -2.29. The van der Waals surface area contributed by atoms with Crippen LogP contribution in [0.25, 0.3) is 0 Å². The average Bonchev–Trinajstić information content (AvgIpc) is 2.23. The van der Waals surface area contributed by atoms with E-state index in [4.69, 9.17) is 5.11 Å². The van der Waals surface area contributed by atoms with Gasteiger partial charge in [0.25, 0.3) is 0 Å². The number of aliphatic carboxylic acids is 1. The maximum Gasteiger partial charge on any atom is 0.325 e. The highest BCUT2D eigenvalue weighted by atomic mass is 19.1. The standard InChI is InChI=1S/C12H16FNO2/c1-3-6-14-11(12(15)16)9-7-8(2)4-5-10(9)13/h4-5,7,11,14H,3,6H2,1-2H3,(H,15,16). The Morgan fingerprint density at radius 2 is 2.25 bits per heavy atom. The van der Waals surface area contributed by atoms with Gasteiger partial charge in [0.05, 0.1) is 0 Å². The van der Waals surface area contributed by atoms with Crippen molar-refractivity contribution < 1.29 is 14.3 Å². The largest absolute Gasteiger partial charge is 0.480 e. The zero-order valence-electron chi connectivity index (χ0n) is 9.46. The lowest BCUT2D eigenvalue weighted by Gasteiger charge is -2.15. The predicted molar refractivity (Wildman–Crippen MR) is 59.8 cm³/mol. The van der Waals surface area contributed by atoms with Gasteiger partial charge in [-0.1, -0.05) is 24.6 Å². The zero-order valence-corrected chi connectivity index (χ0v) is 9.46. The molecule has 0 fully saturated rings. The summed E-state index contributed by atoms with van der Waals surface area (Å²) < 4.78 is 13.5. The van der Waals surface area contributed by atoms with E-state index in [0.717, 1.165) is 12.0 Å². The fourth-order valence-corrected chi connectivity index (χ4v) is 1.50. The van der Waals surface area contributed by atoms with Gasteiger partial charge in [0.1, 0.15) is 11.9 Å². The zero-order chi connectivity index (χ0) is 12.1. The third-order valence-electron chi connectivity index (χ3n) is 2.31. The summed E-state index contributed by atoms with van der Waals surface area (Å²) in [4.78, 5) is 11.0. The lowest BCUT2D eigenvalue weighted by atomic mass is 10.0. The Kier molecular flexibility index (Phi) is 4.43. The van der Waals surface area contributed by atoms with Gasteiger partial charge in [-0.05, 0) is 26.0 Å². The molecule has 1 atom stereocenters. The summed E-state index contributed by atoms with van der Waals surface area (Å²) in [6.07, 6.45) is 0.803. The van der Waals surface area contributed by atoms with Crippen molar-refractivity contribution in [1.82, 2.24) is 5.32 Å². The molecule has 2 N–H and O–H groups in total. The quantitative estimate of drug-likeness (QED) is 0.808. The molecular formula is C12H16FNO2. The maximum atomic E-state index is 13.5. The molecule has 0 heterocycles. The fraction of sp³-hybridized carbons (Fsp3) is 0.417. The van der Waals surface area contributed by atoms with Gasteiger partial charge in [0.2, 0.25) is 0 Å². The molecule has 0 saturated carbocycles. The number of rotatable bonds is 5. The Balaban J connectivity index is 3.00. The van der Waals surface area contributed by atoms with E-state index in [1.807, 2.05) is 13.8 Å². The van der Waals surface area contributed by atoms with Crippen LogP contribution in [0.3, 0.4) is 0 Å². The number of nitrogens with one attached hydrogen (secondary N) is 1. The molecule has 0 aliphatic heterocycles. The molecule has 0 bridgehead atoms. The average molecular weight is 225 g/mol. The highest BCUT2D eigenvalue weighted by molar-refractivity contribution is 5.75. The first kappa shape index (κ1) is 12.6. The van der Waals surface area contributed by atoms with Crippen molar-refractivity contribution in [3.8, 4) is 0 Å². The Bertz CT molecular complexity index is 379. The number of hydrogen-bond acceptors (Lipinski definition) is 2. The summed E-state index contributed by atoms with van der Waals surface area (Å²) in [6.45, 7) is 4.28. The topological polar surface area (TPSA) is 49.3 Å². The van der Waals surface area contributed by atoms with Crippen LogP contribution in [0, 0.1) is 12.7 Å². The molecule has 1 rings (SSSR count). The van der Waals surface area contributed by atoms with Crippen molar-refractivity contribution in [2.24, 2.45) is 0 Å². The molecule has 3 nitrogen and oxygen atoms in total. The molecule has 1 aromatic rings. The smallest absolute Gasteiger partial charge is 0.325 e. The number of hydrogen-bond donors (Lipinski definition) is 2. The summed E-state index contributed by atoms with van der Waals surface area (Å²) in [7, 11) is 0. The molecule has 4 heteroatoms. The normalized spacial score (nSPS) is 12.4. The van der Waals surface area contributed by atoms with E-state index in [2.05, 4.69) is 5.32 Å². The second kappa shape index (κ2) is 5.61. The molecule has 1 aromatic carbocycles. The summed E-state index contributed by atoms with van der Waals surface area (Å²) >= 11 is 0. The van der Waals surface area contributed by atoms with Gasteiger partial charge < -0.3 is 10.4 Å². The van der Waals surface area contributed by atoms with Crippen molar-refractivity contribution in [3.63, 3.8) is 0 Å². The Hall–Kier alpha value is -1.42. The predicted octanol–water partition coefficient (Wildman–Crippen LogP) is 2.26. The minimum Gasteiger partial charge on any atom is -0.480 e. The van der Waals surface area contributed by atoms with Crippen molar-refractivity contribution >= 4 is 5.97 Å². The first-order valence-corrected chi connectivity index (χ1v) is 5.28. The van der Waals surface area contributed by atoms with E-state index in [9.17, 15) is 9.18 Å². The van der Waals surface area contributed by atoms with Gasteiger partial charge in [0.15, 0.2) is 0 Å². The molecular weight excluding hydrogens is 209 g/mol. The first-order valence-electron chi connectivity index (χ1n) is 5.28. The van der Waals surface area contributed by atoms with Crippen molar-refractivity contribution in [2.45, 2.75) is 26.3 Å². The van der Waals surface area contributed by atoms with Crippen LogP contribution >= 0.6 is 0 Å². The molecule has 88 valence electrons. The lowest BCUT2D eigenvalue weighted by molar-refractivity contribution is -0.139. The van der Waals surface area contributed by atoms with Gasteiger partial charge in [0, 0.05) is 5.56 Å². The second-order valence-electron chi connectivity index (χ2n) is 3.75. The number of carboxylic acid groups (broad SMARTS) is 1. The first-order chi connectivity index (χ1) is 7.56. The van der Waals surface area contributed by atoms with Crippen LogP contribution in [0.1, 0.15) is 30.5 Å². The third kappa shape index (κ3) is 3.03. The summed E-state index contributed by atoms with van der Waals surface area (Å²) in [5, 5.41) is 11.9. The van der Waals surface area contributed by atoms with Crippen LogP contribution in [0.4, 0.5) is 4.39 Å². The maximum absolute atomic E-state index is 13.5. The van der Waals surface area contributed by atoms with E-state index in [1.165, 1.54) is 6.07 Å². The van der Waals surface area contributed by atoms with Crippen LogP contribution in [0.5, 0.6) is 0 Å². The highest BCUT2D eigenvalue weighted by Gasteiger charge is 2.22. The van der Waals surface area contributed by atoms with E-state index in [1.54, 1.807) is 12.1 Å². The van der Waals surface area contributed by atoms with E-state index in [0.29, 0.717) is 6.54 Å². The van der Waals surface area contributed by atoms with E-state index in [-0.39, 0.29) is 5.56 Å². The highest BCUT2D eigenvalue weighted by Crippen LogP contribution is 2.19. The van der Waals surface area contributed by atoms with Crippen LogP contribution < -0.4 is 5.32 Å². The summed E-state index contributed by atoms with van der Waals surface area (Å²) in [5.74, 6) is -1.54. The molecule has 16 heavy (non-hydrogen) atoms. The Morgan fingerprint density at radius 3 is 2.81 bits per heavy atom. The van der Waals surface area contributed by atoms with Crippen LogP contribution in [0.2, 0.25) is 0 Å². The monoisotopic (exact) mass is 225 g/mol. The molecule has 0 aromatic heterocycles. The SMILES string of the molecule is CCCNC(C(=O)O)c1cc(C)ccc1F. The van der Waals surface area contributed by atoms with Gasteiger partial charge in [-0.25, -0.2) is 4.39 Å². The molecule has 0 saturated heterocycles. The second-order valence-corrected chi connectivity index (χ2v) is 3.75. The van der Waals surface area contributed by atoms with Gasteiger partial charge in [-0.2, -0.15) is 0 Å². The van der Waals surface area contributed by atoms with E-state index < -0.39 is 17.8 Å². The molecule has 0 spiro atoms. The number of carboxylic acids is 1. The van der Waals surface area contributed by atoms with Crippen molar-refractivity contribution in [2.75, 3.05) is 6.54 Å². The summed E-state index contributed by atoms with van der Waals surface area (Å²) in [5.41, 5.74) is 1.04. The molecule has 0 aliphatic carbocycles. The Morgan fingerprint density at radius 1 is 1.56 bits per heavy atom. The van der Waals surface area contributed by atoms with Crippen molar-refractivity contribution in [3.05, 3.63) is 35.1 Å². The van der Waals surface area contributed by atoms with Gasteiger partial charge in [-0.15, -0.1) is 0 Å². The summed E-state index contributed by atoms with van der Waals surface area (Å²) in [6, 6.07) is 3.52. The Labute approximate surface area is 94.3 Å². The van der Waals surface area contributed by atoms with Gasteiger partial charge in [-0.3, -0.25) is 4.79 Å². The molecule has 0 aliphatic rings. The molecule has 1 unspecified atom stereocenters. The number of halogens is 1. The van der Waals surface area contributed by atoms with Crippen LogP contribution in [-0.4, -0.2) is 17.6 Å². The van der Waals surface area contributed by atoms with E-state index >= 15 is 0 Å². The molecule has 0 radical (unpaired) electrons.